The number of rotatable bonds is 7. The van der Waals surface area contributed by atoms with Crippen LogP contribution in [-0.4, -0.2) is 24.6 Å². The Bertz CT molecular complexity index is 473. The van der Waals surface area contributed by atoms with Gasteiger partial charge in [0.1, 0.15) is 5.75 Å². The lowest BCUT2D eigenvalue weighted by Crippen LogP contribution is -2.26. The van der Waals surface area contributed by atoms with Crippen LogP contribution in [0.4, 0.5) is 0 Å². The Labute approximate surface area is 128 Å². The normalized spacial score (nSPS) is 15.8. The highest BCUT2D eigenvalue weighted by molar-refractivity contribution is 9.10. The Balaban J connectivity index is 1.78. The van der Waals surface area contributed by atoms with Crippen LogP contribution in [0.15, 0.2) is 22.7 Å². The lowest BCUT2D eigenvalue weighted by molar-refractivity contribution is -0.121. The Morgan fingerprint density at radius 2 is 2.30 bits per heavy atom. The Hall–Kier alpha value is -1.07. The SMILES string of the molecule is CC(N)Cc1ccc(OCCC(=O)NC2CC2)c(Br)c1. The second-order valence-corrected chi connectivity index (χ2v) is 6.24. The van der Waals surface area contributed by atoms with Crippen molar-refractivity contribution in [2.75, 3.05) is 6.61 Å². The maximum atomic E-state index is 11.5. The van der Waals surface area contributed by atoms with Crippen LogP contribution in [0.3, 0.4) is 0 Å². The van der Waals surface area contributed by atoms with Crippen LogP contribution in [0.5, 0.6) is 5.75 Å². The first kappa shape index (κ1) is 15.3. The average Bonchev–Trinajstić information content (AvgIpc) is 3.15. The van der Waals surface area contributed by atoms with E-state index in [4.69, 9.17) is 10.5 Å². The van der Waals surface area contributed by atoms with E-state index in [0.717, 1.165) is 29.5 Å². The Morgan fingerprint density at radius 3 is 2.90 bits per heavy atom. The van der Waals surface area contributed by atoms with Crippen LogP contribution in [-0.2, 0) is 11.2 Å². The van der Waals surface area contributed by atoms with Crippen molar-refractivity contribution in [3.8, 4) is 5.75 Å². The third-order valence-electron chi connectivity index (χ3n) is 3.08. The van der Waals surface area contributed by atoms with E-state index in [9.17, 15) is 4.79 Å². The number of hydrogen-bond acceptors (Lipinski definition) is 3. The van der Waals surface area contributed by atoms with Gasteiger partial charge in [-0.25, -0.2) is 0 Å². The van der Waals surface area contributed by atoms with Crippen LogP contribution in [0, 0.1) is 0 Å². The minimum atomic E-state index is 0.0669. The van der Waals surface area contributed by atoms with Gasteiger partial charge in [-0.05, 0) is 59.8 Å². The van der Waals surface area contributed by atoms with E-state index in [2.05, 4.69) is 21.2 Å². The number of amides is 1. The highest BCUT2D eigenvalue weighted by atomic mass is 79.9. The van der Waals surface area contributed by atoms with Gasteiger partial charge in [0.25, 0.3) is 0 Å². The molecule has 0 bridgehead atoms. The molecule has 1 atom stereocenters. The molecule has 1 fully saturated rings. The van der Waals surface area contributed by atoms with Gasteiger partial charge in [0.05, 0.1) is 17.5 Å². The molecule has 0 aliphatic heterocycles. The first-order valence-corrected chi connectivity index (χ1v) is 7.80. The summed E-state index contributed by atoms with van der Waals surface area (Å²) in [6, 6.07) is 6.49. The molecule has 5 heteroatoms. The molecule has 1 aliphatic rings. The van der Waals surface area contributed by atoms with E-state index in [1.807, 2.05) is 25.1 Å². The summed E-state index contributed by atoms with van der Waals surface area (Å²) >= 11 is 3.49. The summed E-state index contributed by atoms with van der Waals surface area (Å²) < 4.78 is 6.53. The fourth-order valence-electron chi connectivity index (χ4n) is 1.94. The molecule has 20 heavy (non-hydrogen) atoms. The predicted octanol–water partition coefficient (Wildman–Crippen LogP) is 2.39. The first-order chi connectivity index (χ1) is 9.54. The fraction of sp³-hybridized carbons (Fsp3) is 0.533. The molecule has 0 heterocycles. The number of carbonyl (C=O) groups is 1. The molecule has 1 unspecified atom stereocenters. The minimum absolute atomic E-state index is 0.0669. The summed E-state index contributed by atoms with van der Waals surface area (Å²) in [6.07, 6.45) is 3.45. The quantitative estimate of drug-likeness (QED) is 0.800. The molecule has 1 aromatic rings. The van der Waals surface area contributed by atoms with Gasteiger partial charge in [-0.15, -0.1) is 0 Å². The van der Waals surface area contributed by atoms with Gasteiger partial charge >= 0.3 is 0 Å². The summed E-state index contributed by atoms with van der Waals surface area (Å²) in [6.45, 7) is 2.38. The van der Waals surface area contributed by atoms with Crippen molar-refractivity contribution in [3.05, 3.63) is 28.2 Å². The third-order valence-corrected chi connectivity index (χ3v) is 3.70. The number of halogens is 1. The monoisotopic (exact) mass is 340 g/mol. The number of nitrogens with one attached hydrogen (secondary N) is 1. The van der Waals surface area contributed by atoms with Gasteiger partial charge in [-0.2, -0.15) is 0 Å². The molecule has 2 rings (SSSR count). The van der Waals surface area contributed by atoms with Crippen LogP contribution < -0.4 is 15.8 Å². The molecule has 0 radical (unpaired) electrons. The van der Waals surface area contributed by atoms with Crippen molar-refractivity contribution in [2.45, 2.75) is 44.7 Å². The van der Waals surface area contributed by atoms with Gasteiger partial charge in [0, 0.05) is 12.1 Å². The first-order valence-electron chi connectivity index (χ1n) is 7.01. The maximum absolute atomic E-state index is 11.5. The molecule has 1 amide bonds. The van der Waals surface area contributed by atoms with Crippen molar-refractivity contribution < 1.29 is 9.53 Å². The van der Waals surface area contributed by atoms with Crippen molar-refractivity contribution in [2.24, 2.45) is 5.73 Å². The van der Waals surface area contributed by atoms with E-state index in [1.54, 1.807) is 0 Å². The molecule has 110 valence electrons. The summed E-state index contributed by atoms with van der Waals surface area (Å²) in [7, 11) is 0. The zero-order valence-electron chi connectivity index (χ0n) is 11.7. The minimum Gasteiger partial charge on any atom is -0.492 e. The predicted molar refractivity (Wildman–Crippen MR) is 82.8 cm³/mol. The second kappa shape index (κ2) is 7.09. The summed E-state index contributed by atoms with van der Waals surface area (Å²) in [5.74, 6) is 0.829. The molecule has 0 aromatic heterocycles. The number of ether oxygens (including phenoxy) is 1. The molecule has 0 spiro atoms. The van der Waals surface area contributed by atoms with E-state index >= 15 is 0 Å². The summed E-state index contributed by atoms with van der Waals surface area (Å²) in [5, 5.41) is 2.94. The molecular weight excluding hydrogens is 320 g/mol. The third kappa shape index (κ3) is 5.13. The van der Waals surface area contributed by atoms with Crippen LogP contribution in [0.25, 0.3) is 0 Å². The fourth-order valence-corrected chi connectivity index (χ4v) is 2.48. The Morgan fingerprint density at radius 1 is 1.55 bits per heavy atom. The summed E-state index contributed by atoms with van der Waals surface area (Å²) in [4.78, 5) is 11.5. The maximum Gasteiger partial charge on any atom is 0.223 e. The van der Waals surface area contributed by atoms with Crippen molar-refractivity contribution in [3.63, 3.8) is 0 Å². The number of benzene rings is 1. The molecule has 1 aliphatic carbocycles. The smallest absolute Gasteiger partial charge is 0.223 e. The van der Waals surface area contributed by atoms with Crippen molar-refractivity contribution in [1.29, 1.82) is 0 Å². The van der Waals surface area contributed by atoms with Crippen molar-refractivity contribution in [1.82, 2.24) is 5.32 Å². The number of hydrogen-bond donors (Lipinski definition) is 2. The molecule has 3 N–H and O–H groups in total. The van der Waals surface area contributed by atoms with Crippen LogP contribution in [0.2, 0.25) is 0 Å². The molecule has 1 aromatic carbocycles. The van der Waals surface area contributed by atoms with Crippen molar-refractivity contribution >= 4 is 21.8 Å². The van der Waals surface area contributed by atoms with Gasteiger partial charge in [0.2, 0.25) is 5.91 Å². The van der Waals surface area contributed by atoms with Gasteiger partial charge in [-0.3, -0.25) is 4.79 Å². The van der Waals surface area contributed by atoms with Gasteiger partial charge in [-0.1, -0.05) is 6.07 Å². The number of nitrogens with two attached hydrogens (primary N) is 1. The number of carbonyl (C=O) groups excluding carboxylic acids is 1. The summed E-state index contributed by atoms with van der Waals surface area (Å²) in [5.41, 5.74) is 6.95. The van der Waals surface area contributed by atoms with Crippen LogP contribution in [0.1, 0.15) is 31.7 Å². The lowest BCUT2D eigenvalue weighted by atomic mass is 10.1. The van der Waals surface area contributed by atoms with Gasteiger partial charge < -0.3 is 15.8 Å². The molecule has 4 nitrogen and oxygen atoms in total. The average molecular weight is 341 g/mol. The largest absolute Gasteiger partial charge is 0.492 e. The molecule has 1 saturated carbocycles. The highest BCUT2D eigenvalue weighted by Crippen LogP contribution is 2.26. The topological polar surface area (TPSA) is 64.3 Å². The van der Waals surface area contributed by atoms with Gasteiger partial charge in [0.15, 0.2) is 0 Å². The molecular formula is C15H21BrN2O2. The lowest BCUT2D eigenvalue weighted by Gasteiger charge is -2.11. The van der Waals surface area contributed by atoms with E-state index in [0.29, 0.717) is 19.1 Å². The van der Waals surface area contributed by atoms with E-state index in [1.165, 1.54) is 5.56 Å². The van der Waals surface area contributed by atoms with E-state index in [-0.39, 0.29) is 11.9 Å². The highest BCUT2D eigenvalue weighted by Gasteiger charge is 2.22. The van der Waals surface area contributed by atoms with Crippen LogP contribution >= 0.6 is 15.9 Å². The zero-order chi connectivity index (χ0) is 14.5. The Kier molecular flexibility index (Phi) is 5.43. The second-order valence-electron chi connectivity index (χ2n) is 5.39. The zero-order valence-corrected chi connectivity index (χ0v) is 13.3. The standard InChI is InChI=1S/C15H21BrN2O2/c1-10(17)8-11-2-5-14(13(16)9-11)20-7-6-15(19)18-12-3-4-12/h2,5,9-10,12H,3-4,6-8,17H2,1H3,(H,18,19). The molecule has 0 saturated heterocycles. The van der Waals surface area contributed by atoms with E-state index < -0.39 is 0 Å².